The van der Waals surface area contributed by atoms with Crippen molar-refractivity contribution in [1.82, 2.24) is 15.1 Å². The third kappa shape index (κ3) is 4.69. The number of fused-ring (bicyclic) bond motifs is 1. The highest BCUT2D eigenvalue weighted by Crippen LogP contribution is 2.50. The van der Waals surface area contributed by atoms with E-state index < -0.39 is 0 Å². The topological polar surface area (TPSA) is 67.2 Å². The molecular formula is C28H25FN4O2S2. The normalized spacial score (nSPS) is 17.4. The average Bonchev–Trinajstić information content (AvgIpc) is 3.51. The number of carbonyl (C=O) groups is 2. The molecule has 0 spiro atoms. The summed E-state index contributed by atoms with van der Waals surface area (Å²) in [6, 6.07) is 18.2. The van der Waals surface area contributed by atoms with Crippen LogP contribution in [-0.2, 0) is 9.59 Å². The first-order valence-corrected chi connectivity index (χ1v) is 14.1. The van der Waals surface area contributed by atoms with E-state index in [-0.39, 0.29) is 41.2 Å². The predicted octanol–water partition coefficient (Wildman–Crippen LogP) is 5.50. The molecule has 1 unspecified atom stereocenters. The van der Waals surface area contributed by atoms with Gasteiger partial charge in [0, 0.05) is 22.0 Å². The lowest BCUT2D eigenvalue weighted by atomic mass is 10.0. The van der Waals surface area contributed by atoms with E-state index in [9.17, 15) is 14.0 Å². The number of halogens is 1. The number of amides is 2. The number of nitrogens with zero attached hydrogens (tertiary/aromatic N) is 3. The molecule has 1 atom stereocenters. The van der Waals surface area contributed by atoms with Crippen molar-refractivity contribution in [2.24, 2.45) is 0 Å². The van der Waals surface area contributed by atoms with Crippen LogP contribution < -0.4 is 10.2 Å². The van der Waals surface area contributed by atoms with Crippen LogP contribution in [0.25, 0.3) is 16.9 Å². The van der Waals surface area contributed by atoms with Crippen LogP contribution in [0.5, 0.6) is 0 Å². The summed E-state index contributed by atoms with van der Waals surface area (Å²) in [5, 5.41) is 9.94. The van der Waals surface area contributed by atoms with Gasteiger partial charge in [0.2, 0.25) is 11.8 Å². The molecule has 37 heavy (non-hydrogen) atoms. The van der Waals surface area contributed by atoms with Gasteiger partial charge in [-0.1, -0.05) is 30.3 Å². The largest absolute Gasteiger partial charge is 0.352 e. The van der Waals surface area contributed by atoms with Crippen LogP contribution in [0.15, 0.2) is 66.0 Å². The van der Waals surface area contributed by atoms with Gasteiger partial charge in [0.15, 0.2) is 0 Å². The van der Waals surface area contributed by atoms with Crippen LogP contribution in [0.2, 0.25) is 0 Å². The van der Waals surface area contributed by atoms with Crippen molar-refractivity contribution in [2.75, 3.05) is 17.2 Å². The Labute approximate surface area is 222 Å². The Morgan fingerprint density at radius 2 is 1.86 bits per heavy atom. The minimum absolute atomic E-state index is 0.0971. The number of nitrogens with one attached hydrogen (secondary N) is 1. The standard InChI is InChI=1S/C28H25FN4O2S2/c1-17-13-14-36-26(17)27-24-25(18-5-3-2-4-6-18)31-33(21-11-7-19(29)8-12-21)28(24)32(23(35)16-37-27)15-22(34)30-20-9-10-20/h2-8,11-14,20,27H,9-10,15-16H2,1H3,(H,30,34). The van der Waals surface area contributed by atoms with Crippen molar-refractivity contribution in [1.29, 1.82) is 0 Å². The first kappa shape index (κ1) is 23.9. The minimum Gasteiger partial charge on any atom is -0.352 e. The molecule has 2 amide bonds. The molecule has 1 aliphatic carbocycles. The molecule has 9 heteroatoms. The number of rotatable bonds is 6. The third-order valence-corrected chi connectivity index (χ3v) is 9.04. The molecule has 1 aliphatic heterocycles. The molecule has 3 heterocycles. The van der Waals surface area contributed by atoms with E-state index in [1.807, 2.05) is 30.3 Å². The van der Waals surface area contributed by atoms with Crippen LogP contribution >= 0.6 is 23.1 Å². The zero-order valence-corrected chi connectivity index (χ0v) is 21.8. The summed E-state index contributed by atoms with van der Waals surface area (Å²) >= 11 is 3.21. The Kier molecular flexibility index (Phi) is 6.34. The van der Waals surface area contributed by atoms with E-state index in [1.165, 1.54) is 12.1 Å². The van der Waals surface area contributed by atoms with Gasteiger partial charge in [0.25, 0.3) is 0 Å². The molecule has 0 bridgehead atoms. The van der Waals surface area contributed by atoms with Gasteiger partial charge in [-0.15, -0.1) is 23.1 Å². The summed E-state index contributed by atoms with van der Waals surface area (Å²) < 4.78 is 15.6. The maximum Gasteiger partial charge on any atom is 0.240 e. The molecule has 4 aromatic rings. The third-order valence-electron chi connectivity index (χ3n) is 6.59. The highest BCUT2D eigenvalue weighted by molar-refractivity contribution is 8.00. The second-order valence-corrected chi connectivity index (χ2v) is 11.4. The van der Waals surface area contributed by atoms with Gasteiger partial charge in [-0.3, -0.25) is 14.5 Å². The van der Waals surface area contributed by atoms with E-state index in [0.29, 0.717) is 11.5 Å². The average molecular weight is 533 g/mol. The molecule has 0 radical (unpaired) electrons. The molecule has 1 N–H and O–H groups in total. The first-order chi connectivity index (χ1) is 18.0. The number of hydrogen-bond acceptors (Lipinski definition) is 5. The Morgan fingerprint density at radius 1 is 1.11 bits per heavy atom. The predicted molar refractivity (Wildman–Crippen MR) is 146 cm³/mol. The number of thioether (sulfide) groups is 1. The van der Waals surface area contributed by atoms with E-state index in [0.717, 1.165) is 40.1 Å². The number of benzene rings is 2. The summed E-state index contributed by atoms with van der Waals surface area (Å²) in [6.45, 7) is 1.98. The van der Waals surface area contributed by atoms with Crippen molar-refractivity contribution in [2.45, 2.75) is 31.1 Å². The molecule has 188 valence electrons. The number of anilines is 1. The zero-order chi connectivity index (χ0) is 25.5. The molecular weight excluding hydrogens is 507 g/mol. The number of hydrogen-bond donors (Lipinski definition) is 1. The van der Waals surface area contributed by atoms with Crippen LogP contribution in [0, 0.1) is 12.7 Å². The van der Waals surface area contributed by atoms with E-state index in [1.54, 1.807) is 44.8 Å². The second-order valence-electron chi connectivity index (χ2n) is 9.32. The Hall–Kier alpha value is -3.43. The molecule has 0 saturated heterocycles. The maximum absolute atomic E-state index is 13.9. The summed E-state index contributed by atoms with van der Waals surface area (Å²) in [6.07, 6.45) is 1.93. The summed E-state index contributed by atoms with van der Waals surface area (Å²) in [7, 11) is 0. The number of carbonyl (C=O) groups excluding carboxylic acids is 2. The van der Waals surface area contributed by atoms with Crippen LogP contribution in [0.4, 0.5) is 10.2 Å². The summed E-state index contributed by atoms with van der Waals surface area (Å²) in [5.74, 6) is 0.0849. The SMILES string of the molecule is Cc1ccsc1C1SCC(=O)N(CC(=O)NC2CC2)c2c1c(-c1ccccc1)nn2-c1ccc(F)cc1. The number of thiophene rings is 1. The van der Waals surface area contributed by atoms with Crippen molar-refractivity contribution in [3.05, 3.63) is 87.9 Å². The van der Waals surface area contributed by atoms with Crippen molar-refractivity contribution in [3.63, 3.8) is 0 Å². The molecule has 6 rings (SSSR count). The number of aryl methyl sites for hydroxylation is 1. The molecule has 2 aliphatic rings. The summed E-state index contributed by atoms with van der Waals surface area (Å²) in [4.78, 5) is 29.3. The Bertz CT molecular complexity index is 1460. The lowest BCUT2D eigenvalue weighted by molar-refractivity contribution is -0.123. The molecule has 1 saturated carbocycles. The Balaban J connectivity index is 1.60. The fourth-order valence-electron chi connectivity index (χ4n) is 4.60. The monoisotopic (exact) mass is 532 g/mol. The smallest absolute Gasteiger partial charge is 0.240 e. The second kappa shape index (κ2) is 9.79. The van der Waals surface area contributed by atoms with E-state index in [4.69, 9.17) is 5.10 Å². The van der Waals surface area contributed by atoms with Crippen molar-refractivity contribution in [3.8, 4) is 16.9 Å². The zero-order valence-electron chi connectivity index (χ0n) is 20.2. The van der Waals surface area contributed by atoms with Gasteiger partial charge in [-0.2, -0.15) is 5.10 Å². The maximum atomic E-state index is 13.9. The first-order valence-electron chi connectivity index (χ1n) is 12.2. The fraction of sp³-hybridized carbons (Fsp3) is 0.250. The lowest BCUT2D eigenvalue weighted by Crippen LogP contribution is -2.43. The highest BCUT2D eigenvalue weighted by Gasteiger charge is 2.39. The molecule has 1 fully saturated rings. The highest BCUT2D eigenvalue weighted by atomic mass is 32.2. The van der Waals surface area contributed by atoms with E-state index >= 15 is 0 Å². The van der Waals surface area contributed by atoms with Gasteiger partial charge in [0.05, 0.1) is 22.4 Å². The fourth-order valence-corrected chi connectivity index (χ4v) is 7.07. The van der Waals surface area contributed by atoms with Crippen LogP contribution in [-0.4, -0.2) is 39.9 Å². The van der Waals surface area contributed by atoms with E-state index in [2.05, 4.69) is 23.7 Å². The van der Waals surface area contributed by atoms with Crippen molar-refractivity contribution < 1.29 is 14.0 Å². The molecule has 6 nitrogen and oxygen atoms in total. The lowest BCUT2D eigenvalue weighted by Gasteiger charge is -2.23. The molecule has 2 aromatic carbocycles. The van der Waals surface area contributed by atoms with Crippen LogP contribution in [0.1, 0.15) is 34.1 Å². The van der Waals surface area contributed by atoms with Gasteiger partial charge < -0.3 is 5.32 Å². The van der Waals surface area contributed by atoms with Gasteiger partial charge in [-0.25, -0.2) is 9.07 Å². The number of aromatic nitrogens is 2. The van der Waals surface area contributed by atoms with Crippen LogP contribution in [0.3, 0.4) is 0 Å². The quantitative estimate of drug-likeness (QED) is 0.356. The van der Waals surface area contributed by atoms with Crippen molar-refractivity contribution >= 4 is 40.7 Å². The van der Waals surface area contributed by atoms with Gasteiger partial charge in [-0.05, 0) is 61.0 Å². The molecule has 2 aromatic heterocycles. The summed E-state index contributed by atoms with van der Waals surface area (Å²) in [5.41, 5.74) is 4.31. The Morgan fingerprint density at radius 3 is 2.54 bits per heavy atom. The van der Waals surface area contributed by atoms with Gasteiger partial charge >= 0.3 is 0 Å². The van der Waals surface area contributed by atoms with Gasteiger partial charge in [0.1, 0.15) is 18.2 Å². The minimum atomic E-state index is -0.357.